The number of halogens is 3. The van der Waals surface area contributed by atoms with Gasteiger partial charge >= 0.3 is 6.11 Å². The highest BCUT2D eigenvalue weighted by Gasteiger charge is 2.40. The van der Waals surface area contributed by atoms with Gasteiger partial charge in [0.25, 0.3) is 0 Å². The molecule has 0 spiro atoms. The maximum Gasteiger partial charge on any atom is 0.370 e. The van der Waals surface area contributed by atoms with Crippen LogP contribution in [0.25, 0.3) is 0 Å². The Morgan fingerprint density at radius 3 is 2.60 bits per heavy atom. The first-order valence-corrected chi connectivity index (χ1v) is 2.88. The fourth-order valence-electron chi connectivity index (χ4n) is 0.885. The molecule has 0 aromatic heterocycles. The zero-order valence-corrected chi connectivity index (χ0v) is 5.48. The highest BCUT2D eigenvalue weighted by atomic mass is 19.3. The smallest absolute Gasteiger partial charge is 0.293 e. The molecule has 0 radical (unpaired) electrons. The van der Waals surface area contributed by atoms with Gasteiger partial charge in [-0.3, -0.25) is 9.64 Å². The molecule has 0 aromatic rings. The molecule has 0 bridgehead atoms. The van der Waals surface area contributed by atoms with Gasteiger partial charge in [-0.15, -0.1) is 0 Å². The van der Waals surface area contributed by atoms with E-state index in [9.17, 15) is 13.2 Å². The molecule has 10 heavy (non-hydrogen) atoms. The Morgan fingerprint density at radius 2 is 2.20 bits per heavy atom. The Labute approximate surface area is 56.6 Å². The predicted molar refractivity (Wildman–Crippen MR) is 28.4 cm³/mol. The van der Waals surface area contributed by atoms with Crippen molar-refractivity contribution in [3.8, 4) is 0 Å². The number of rotatable bonds is 0. The summed E-state index contributed by atoms with van der Waals surface area (Å²) in [6.45, 7) is -0.622. The lowest BCUT2D eigenvalue weighted by Crippen LogP contribution is -2.48. The molecule has 1 saturated heterocycles. The van der Waals surface area contributed by atoms with Crippen LogP contribution in [0.5, 0.6) is 0 Å². The fraction of sp³-hybridized carbons (Fsp3) is 1.00. The maximum atomic E-state index is 12.2. The van der Waals surface area contributed by atoms with Gasteiger partial charge in [0.2, 0.25) is 6.36 Å². The number of hydrogen-bond acceptors (Lipinski definition) is 2. The van der Waals surface area contributed by atoms with Crippen LogP contribution in [0.1, 0.15) is 0 Å². The highest BCUT2D eigenvalue weighted by molar-refractivity contribution is 4.68. The van der Waals surface area contributed by atoms with Gasteiger partial charge in [0.15, 0.2) is 0 Å². The van der Waals surface area contributed by atoms with Crippen LogP contribution in [0, 0.1) is 0 Å². The minimum absolute atomic E-state index is 0.0877. The highest BCUT2D eigenvalue weighted by Crippen LogP contribution is 2.23. The predicted octanol–water partition coefficient (Wildman–Crippen LogP) is 0.837. The van der Waals surface area contributed by atoms with E-state index in [1.54, 1.807) is 0 Å². The first-order chi connectivity index (χ1) is 4.49. The molecule has 0 aromatic carbocycles. The molecule has 0 amide bonds. The lowest BCUT2D eigenvalue weighted by atomic mass is 10.4. The number of likely N-dealkylation sites (N-methyl/N-ethyl adjacent to an activating group) is 1. The minimum atomic E-state index is -3.33. The largest absolute Gasteiger partial charge is 0.370 e. The van der Waals surface area contributed by atoms with Gasteiger partial charge in [-0.2, -0.15) is 8.78 Å². The summed E-state index contributed by atoms with van der Waals surface area (Å²) in [6, 6.07) is 0. The quantitative estimate of drug-likeness (QED) is 0.514. The molecule has 1 unspecified atom stereocenters. The van der Waals surface area contributed by atoms with Crippen molar-refractivity contribution in [2.45, 2.75) is 12.5 Å². The van der Waals surface area contributed by atoms with E-state index in [1.807, 2.05) is 0 Å². The summed E-state index contributed by atoms with van der Waals surface area (Å²) >= 11 is 0. The van der Waals surface area contributed by atoms with Crippen molar-refractivity contribution in [2.75, 3.05) is 20.1 Å². The summed E-state index contributed by atoms with van der Waals surface area (Å²) in [4.78, 5) is 1.19. The monoisotopic (exact) mass is 155 g/mol. The van der Waals surface area contributed by atoms with Crippen molar-refractivity contribution in [1.82, 2.24) is 4.90 Å². The third kappa shape index (κ3) is 1.85. The van der Waals surface area contributed by atoms with E-state index >= 15 is 0 Å². The van der Waals surface area contributed by atoms with Gasteiger partial charge in [-0.25, -0.2) is 4.39 Å². The average molecular weight is 155 g/mol. The lowest BCUT2D eigenvalue weighted by molar-refractivity contribution is -0.318. The van der Waals surface area contributed by atoms with Crippen LogP contribution < -0.4 is 0 Å². The van der Waals surface area contributed by atoms with Gasteiger partial charge in [0.1, 0.15) is 0 Å². The van der Waals surface area contributed by atoms with Crippen LogP contribution in [0.4, 0.5) is 13.2 Å². The first-order valence-electron chi connectivity index (χ1n) is 2.88. The minimum Gasteiger partial charge on any atom is -0.293 e. The second-order valence-corrected chi connectivity index (χ2v) is 2.36. The van der Waals surface area contributed by atoms with E-state index in [-0.39, 0.29) is 6.54 Å². The van der Waals surface area contributed by atoms with Crippen LogP contribution in [0.2, 0.25) is 0 Å². The molecule has 1 rings (SSSR count). The zero-order chi connectivity index (χ0) is 7.78. The van der Waals surface area contributed by atoms with Crippen molar-refractivity contribution >= 4 is 0 Å². The van der Waals surface area contributed by atoms with E-state index in [0.29, 0.717) is 0 Å². The van der Waals surface area contributed by atoms with Crippen molar-refractivity contribution < 1.29 is 17.9 Å². The van der Waals surface area contributed by atoms with Crippen LogP contribution in [-0.2, 0) is 4.74 Å². The van der Waals surface area contributed by atoms with Crippen molar-refractivity contribution in [3.63, 3.8) is 0 Å². The molecular weight excluding hydrogens is 147 g/mol. The second kappa shape index (κ2) is 2.39. The topological polar surface area (TPSA) is 12.5 Å². The molecule has 1 fully saturated rings. The summed E-state index contributed by atoms with van der Waals surface area (Å²) in [5.74, 6) is 0. The Bertz CT molecular complexity index is 118. The molecule has 0 aliphatic carbocycles. The van der Waals surface area contributed by atoms with Crippen molar-refractivity contribution in [2.24, 2.45) is 0 Å². The summed E-state index contributed by atoms with van der Waals surface area (Å²) in [5.41, 5.74) is 0. The van der Waals surface area contributed by atoms with E-state index in [4.69, 9.17) is 0 Å². The average Bonchev–Trinajstić information content (AvgIpc) is 1.54. The maximum absolute atomic E-state index is 12.2. The van der Waals surface area contributed by atoms with Crippen LogP contribution >= 0.6 is 0 Å². The molecule has 1 aliphatic heterocycles. The third-order valence-electron chi connectivity index (χ3n) is 1.21. The molecule has 0 N–H and O–H groups in total. The summed E-state index contributed by atoms with van der Waals surface area (Å²) < 4.78 is 40.3. The number of nitrogens with zero attached hydrogens (tertiary/aromatic N) is 1. The SMILES string of the molecule is CN1CC(F)OC(F)(F)C1. The van der Waals surface area contributed by atoms with Gasteiger partial charge in [0.05, 0.1) is 13.1 Å². The number of ether oxygens (including phenoxy) is 1. The van der Waals surface area contributed by atoms with Crippen LogP contribution in [0.15, 0.2) is 0 Å². The molecule has 1 aliphatic rings. The Hall–Kier alpha value is -0.290. The summed E-state index contributed by atoms with van der Waals surface area (Å²) in [6.07, 6.45) is -5.19. The van der Waals surface area contributed by atoms with Crippen molar-refractivity contribution in [3.05, 3.63) is 0 Å². The van der Waals surface area contributed by atoms with E-state index < -0.39 is 19.0 Å². The summed E-state index contributed by atoms with van der Waals surface area (Å²) in [5, 5.41) is 0. The number of hydrogen-bond donors (Lipinski definition) is 0. The zero-order valence-electron chi connectivity index (χ0n) is 5.48. The Morgan fingerprint density at radius 1 is 1.60 bits per heavy atom. The van der Waals surface area contributed by atoms with E-state index in [0.717, 1.165) is 0 Å². The summed E-state index contributed by atoms with van der Waals surface area (Å²) in [7, 11) is 1.42. The molecule has 2 nitrogen and oxygen atoms in total. The third-order valence-corrected chi connectivity index (χ3v) is 1.21. The lowest BCUT2D eigenvalue weighted by Gasteiger charge is -2.31. The number of alkyl halides is 3. The molecular formula is C5H8F3NO. The molecule has 1 atom stereocenters. The Kier molecular flexibility index (Phi) is 1.87. The van der Waals surface area contributed by atoms with E-state index in [1.165, 1.54) is 11.9 Å². The molecule has 60 valence electrons. The standard InChI is InChI=1S/C5H8F3NO/c1-9-2-4(6)10-5(7,8)3-9/h4H,2-3H2,1H3. The van der Waals surface area contributed by atoms with Gasteiger partial charge in [-0.1, -0.05) is 0 Å². The number of morpholine rings is 1. The second-order valence-electron chi connectivity index (χ2n) is 2.36. The van der Waals surface area contributed by atoms with E-state index in [2.05, 4.69) is 4.74 Å². The Balaban J connectivity index is 2.51. The van der Waals surface area contributed by atoms with Crippen LogP contribution in [0.3, 0.4) is 0 Å². The van der Waals surface area contributed by atoms with Gasteiger partial charge in [-0.05, 0) is 7.05 Å². The molecule has 0 saturated carbocycles. The molecule has 1 heterocycles. The van der Waals surface area contributed by atoms with Crippen LogP contribution in [-0.4, -0.2) is 37.5 Å². The first kappa shape index (κ1) is 7.81. The normalized spacial score (nSPS) is 34.2. The van der Waals surface area contributed by atoms with Crippen molar-refractivity contribution in [1.29, 1.82) is 0 Å². The fourth-order valence-corrected chi connectivity index (χ4v) is 0.885. The molecule has 5 heteroatoms. The van der Waals surface area contributed by atoms with Gasteiger partial charge < -0.3 is 0 Å². The van der Waals surface area contributed by atoms with Gasteiger partial charge in [0, 0.05) is 0 Å².